The molecular weight excluding hydrogens is 435 g/mol. The molecular formula is C31H35FN2O. The minimum atomic E-state index is -0.182. The quantitative estimate of drug-likeness (QED) is 0.233. The van der Waals surface area contributed by atoms with E-state index >= 15 is 4.39 Å². The predicted molar refractivity (Wildman–Crippen MR) is 143 cm³/mol. The fourth-order valence-electron chi connectivity index (χ4n) is 4.69. The monoisotopic (exact) mass is 470 g/mol. The zero-order valence-corrected chi connectivity index (χ0v) is 20.8. The first-order valence-corrected chi connectivity index (χ1v) is 13.0. The average Bonchev–Trinajstić information content (AvgIpc) is 3.66. The van der Waals surface area contributed by atoms with Gasteiger partial charge in [0.15, 0.2) is 5.82 Å². The first-order valence-electron chi connectivity index (χ1n) is 13.0. The molecule has 1 heterocycles. The molecule has 1 fully saturated rings. The number of rotatable bonds is 11. The number of halogens is 1. The molecule has 0 unspecified atom stereocenters. The van der Waals surface area contributed by atoms with E-state index in [4.69, 9.17) is 4.74 Å². The summed E-state index contributed by atoms with van der Waals surface area (Å²) >= 11 is 0. The number of fused-ring (bicyclic) bond motifs is 1. The maximum Gasteiger partial charge on any atom is 0.156 e. The molecule has 0 saturated heterocycles. The molecule has 182 valence electrons. The van der Waals surface area contributed by atoms with Gasteiger partial charge in [0.2, 0.25) is 0 Å². The number of ether oxygens (including phenoxy) is 1. The number of unbranched alkanes of at least 4 members (excludes halogenated alkanes) is 1. The number of aromatic nitrogens is 1. The smallest absolute Gasteiger partial charge is 0.156 e. The van der Waals surface area contributed by atoms with Crippen molar-refractivity contribution in [2.45, 2.75) is 58.5 Å². The van der Waals surface area contributed by atoms with Crippen molar-refractivity contribution >= 4 is 10.9 Å². The number of hydrogen-bond acceptors (Lipinski definition) is 2. The molecule has 4 aromatic rings. The lowest BCUT2D eigenvalue weighted by atomic mass is 10.0. The van der Waals surface area contributed by atoms with E-state index in [1.54, 1.807) is 0 Å². The maximum atomic E-state index is 16.0. The van der Waals surface area contributed by atoms with Crippen LogP contribution in [0.2, 0.25) is 0 Å². The van der Waals surface area contributed by atoms with Gasteiger partial charge in [0.05, 0.1) is 17.8 Å². The maximum absolute atomic E-state index is 16.0. The van der Waals surface area contributed by atoms with Crippen molar-refractivity contribution in [2.24, 2.45) is 0 Å². The summed E-state index contributed by atoms with van der Waals surface area (Å²) in [7, 11) is 0. The fraction of sp³-hybridized carbons (Fsp3) is 0.355. The van der Waals surface area contributed by atoms with Crippen molar-refractivity contribution in [3.63, 3.8) is 0 Å². The lowest BCUT2D eigenvalue weighted by Crippen LogP contribution is -2.19. The lowest BCUT2D eigenvalue weighted by molar-refractivity contribution is 0.309. The zero-order chi connectivity index (χ0) is 24.2. The van der Waals surface area contributed by atoms with Crippen LogP contribution in [0, 0.1) is 12.7 Å². The van der Waals surface area contributed by atoms with E-state index < -0.39 is 0 Å². The Morgan fingerprint density at radius 1 is 1.00 bits per heavy atom. The van der Waals surface area contributed by atoms with E-state index in [1.807, 2.05) is 49.4 Å². The minimum absolute atomic E-state index is 0.182. The molecule has 3 nitrogen and oxygen atoms in total. The van der Waals surface area contributed by atoms with Crippen molar-refractivity contribution < 1.29 is 9.13 Å². The summed E-state index contributed by atoms with van der Waals surface area (Å²) in [5, 5.41) is 4.19. The SMILES string of the molecule is CCCCOc1ccc2c(c1)c(F)c(-c1ccccc1C)n2Cc1ccc(CCNC2CC2)cc1. The first kappa shape index (κ1) is 23.6. The highest BCUT2D eigenvalue weighted by Gasteiger charge is 2.21. The molecule has 1 aliphatic carbocycles. The molecule has 0 amide bonds. The highest BCUT2D eigenvalue weighted by Crippen LogP contribution is 2.36. The second kappa shape index (κ2) is 10.7. The molecule has 3 aromatic carbocycles. The van der Waals surface area contributed by atoms with E-state index in [1.165, 1.54) is 24.0 Å². The van der Waals surface area contributed by atoms with Gasteiger partial charge < -0.3 is 14.6 Å². The zero-order valence-electron chi connectivity index (χ0n) is 20.8. The molecule has 1 aromatic heterocycles. The van der Waals surface area contributed by atoms with Crippen molar-refractivity contribution in [2.75, 3.05) is 13.2 Å². The van der Waals surface area contributed by atoms with Crippen LogP contribution in [0.25, 0.3) is 22.2 Å². The van der Waals surface area contributed by atoms with E-state index in [0.29, 0.717) is 24.2 Å². The number of hydrogen-bond donors (Lipinski definition) is 1. The van der Waals surface area contributed by atoms with Crippen LogP contribution in [0.4, 0.5) is 4.39 Å². The summed E-state index contributed by atoms with van der Waals surface area (Å²) in [6.45, 7) is 6.47. The van der Waals surface area contributed by atoms with Crippen LogP contribution >= 0.6 is 0 Å². The van der Waals surface area contributed by atoms with Gasteiger partial charge in [-0.25, -0.2) is 4.39 Å². The normalized spacial score (nSPS) is 13.5. The molecule has 0 spiro atoms. The molecule has 0 aliphatic heterocycles. The highest BCUT2D eigenvalue weighted by molar-refractivity contribution is 5.89. The predicted octanol–water partition coefficient (Wildman–Crippen LogP) is 7.28. The van der Waals surface area contributed by atoms with Crippen LogP contribution in [0.1, 0.15) is 49.3 Å². The second-order valence-electron chi connectivity index (χ2n) is 9.74. The summed E-state index contributed by atoms with van der Waals surface area (Å²) in [5.74, 6) is 0.542. The molecule has 5 rings (SSSR count). The van der Waals surface area contributed by atoms with E-state index in [2.05, 4.69) is 41.1 Å². The Morgan fingerprint density at radius 2 is 1.77 bits per heavy atom. The van der Waals surface area contributed by atoms with Gasteiger partial charge in [0, 0.05) is 23.5 Å². The third-order valence-corrected chi connectivity index (χ3v) is 6.93. The molecule has 1 N–H and O–H groups in total. The molecule has 4 heteroatoms. The number of benzene rings is 3. The Morgan fingerprint density at radius 3 is 2.51 bits per heavy atom. The third kappa shape index (κ3) is 5.43. The summed E-state index contributed by atoms with van der Waals surface area (Å²) < 4.78 is 24.0. The lowest BCUT2D eigenvalue weighted by Gasteiger charge is -2.14. The topological polar surface area (TPSA) is 26.2 Å². The van der Waals surface area contributed by atoms with Crippen LogP contribution in [0.15, 0.2) is 66.7 Å². The van der Waals surface area contributed by atoms with Crippen LogP contribution in [0.3, 0.4) is 0 Å². The molecule has 0 atom stereocenters. The van der Waals surface area contributed by atoms with Gasteiger partial charge in [0.1, 0.15) is 5.75 Å². The summed E-state index contributed by atoms with van der Waals surface area (Å²) in [4.78, 5) is 0. The van der Waals surface area contributed by atoms with Gasteiger partial charge in [-0.1, -0.05) is 61.9 Å². The standard InChI is InChI=1S/C31H35FN2O/c1-3-4-19-35-26-15-16-29-28(20-26)30(32)31(27-8-6-5-7-22(27)2)34(29)21-24-11-9-23(10-12-24)17-18-33-25-13-14-25/h5-12,15-16,20,25,33H,3-4,13-14,17-19,21H2,1-2H3. The van der Waals surface area contributed by atoms with Crippen LogP contribution in [-0.4, -0.2) is 23.8 Å². The first-order chi connectivity index (χ1) is 17.1. The van der Waals surface area contributed by atoms with Crippen molar-refractivity contribution in [3.05, 3.63) is 89.2 Å². The Hall–Kier alpha value is -3.11. The van der Waals surface area contributed by atoms with Gasteiger partial charge in [0.25, 0.3) is 0 Å². The molecule has 1 aliphatic rings. The summed E-state index contributed by atoms with van der Waals surface area (Å²) in [6.07, 6.45) is 5.72. The molecule has 0 bridgehead atoms. The number of nitrogens with zero attached hydrogens (tertiary/aromatic N) is 1. The number of nitrogens with one attached hydrogen (secondary N) is 1. The Kier molecular flexibility index (Phi) is 7.19. The largest absolute Gasteiger partial charge is 0.494 e. The minimum Gasteiger partial charge on any atom is -0.494 e. The summed E-state index contributed by atoms with van der Waals surface area (Å²) in [6, 6.07) is 23.4. The van der Waals surface area contributed by atoms with Gasteiger partial charge >= 0.3 is 0 Å². The van der Waals surface area contributed by atoms with Crippen LogP contribution < -0.4 is 10.1 Å². The second-order valence-corrected chi connectivity index (χ2v) is 9.74. The van der Waals surface area contributed by atoms with Crippen molar-refractivity contribution in [3.8, 4) is 17.0 Å². The number of aryl methyl sites for hydroxylation is 1. The van der Waals surface area contributed by atoms with Crippen molar-refractivity contribution in [1.29, 1.82) is 0 Å². The van der Waals surface area contributed by atoms with E-state index in [0.717, 1.165) is 54.2 Å². The van der Waals surface area contributed by atoms with Gasteiger partial charge in [-0.3, -0.25) is 0 Å². The summed E-state index contributed by atoms with van der Waals surface area (Å²) in [5.41, 5.74) is 6.02. The average molecular weight is 471 g/mol. The van der Waals surface area contributed by atoms with Gasteiger partial charge in [-0.2, -0.15) is 0 Å². The molecule has 1 saturated carbocycles. The Labute approximate surface area is 207 Å². The Bertz CT molecular complexity index is 1290. The van der Waals surface area contributed by atoms with Crippen LogP contribution in [-0.2, 0) is 13.0 Å². The van der Waals surface area contributed by atoms with Crippen molar-refractivity contribution in [1.82, 2.24) is 9.88 Å². The van der Waals surface area contributed by atoms with E-state index in [9.17, 15) is 0 Å². The fourth-order valence-corrected chi connectivity index (χ4v) is 4.69. The Balaban J connectivity index is 1.47. The van der Waals surface area contributed by atoms with E-state index in [-0.39, 0.29) is 5.82 Å². The molecule has 35 heavy (non-hydrogen) atoms. The van der Waals surface area contributed by atoms with Crippen LogP contribution in [0.5, 0.6) is 5.75 Å². The third-order valence-electron chi connectivity index (χ3n) is 6.93. The highest BCUT2D eigenvalue weighted by atomic mass is 19.1. The van der Waals surface area contributed by atoms with Gasteiger partial charge in [-0.05, 0) is 74.0 Å². The molecule has 0 radical (unpaired) electrons. The van der Waals surface area contributed by atoms with Gasteiger partial charge in [-0.15, -0.1) is 0 Å².